The van der Waals surface area contributed by atoms with Gasteiger partial charge in [0, 0.05) is 12.8 Å². The molecule has 3 fully saturated rings. The van der Waals surface area contributed by atoms with Crippen LogP contribution < -0.4 is 0 Å². The maximum atomic E-state index is 11.4. The zero-order chi connectivity index (χ0) is 15.9. The van der Waals surface area contributed by atoms with Gasteiger partial charge in [-0.05, 0) is 39.5 Å². The van der Waals surface area contributed by atoms with E-state index in [9.17, 15) is 5.11 Å². The predicted molar refractivity (Wildman–Crippen MR) is 80.0 cm³/mol. The molecule has 2 bridgehead atoms. The standard InChI is InChI=1S/C17H30O4/c1-8-13(2,3)17(18)9-15(6)11-12(16(7,10-17)21-15)20-14(4,5)19-11/h11-12,18H,8-10H2,1-7H3/t11-,12+,15+,16-,17?. The van der Waals surface area contributed by atoms with Gasteiger partial charge in [0.25, 0.3) is 0 Å². The molecule has 3 heterocycles. The molecule has 0 saturated carbocycles. The first kappa shape index (κ1) is 15.7. The smallest absolute Gasteiger partial charge is 0.164 e. The molecule has 0 amide bonds. The predicted octanol–water partition coefficient (Wildman–Crippen LogP) is 3.02. The van der Waals surface area contributed by atoms with Gasteiger partial charge in [-0.25, -0.2) is 0 Å². The lowest BCUT2D eigenvalue weighted by Crippen LogP contribution is -2.60. The van der Waals surface area contributed by atoms with Gasteiger partial charge in [-0.2, -0.15) is 0 Å². The van der Waals surface area contributed by atoms with Crippen LogP contribution in [-0.2, 0) is 14.2 Å². The van der Waals surface area contributed by atoms with Crippen LogP contribution in [0.5, 0.6) is 0 Å². The molecule has 5 atom stereocenters. The monoisotopic (exact) mass is 298 g/mol. The molecule has 1 N–H and O–H groups in total. The Kier molecular flexibility index (Phi) is 3.01. The largest absolute Gasteiger partial charge is 0.389 e. The average molecular weight is 298 g/mol. The molecule has 3 saturated heterocycles. The third kappa shape index (κ3) is 2.03. The van der Waals surface area contributed by atoms with Crippen LogP contribution in [-0.4, -0.2) is 39.9 Å². The van der Waals surface area contributed by atoms with E-state index in [1.165, 1.54) is 0 Å². The van der Waals surface area contributed by atoms with E-state index in [-0.39, 0.29) is 17.6 Å². The second-order valence-electron chi connectivity index (χ2n) is 8.83. The Labute approximate surface area is 128 Å². The Morgan fingerprint density at radius 1 is 1.00 bits per heavy atom. The number of ether oxygens (including phenoxy) is 3. The van der Waals surface area contributed by atoms with Crippen molar-refractivity contribution in [3.63, 3.8) is 0 Å². The highest BCUT2D eigenvalue weighted by molar-refractivity contribution is 5.20. The lowest BCUT2D eigenvalue weighted by Gasteiger charge is -2.53. The third-order valence-corrected chi connectivity index (χ3v) is 6.20. The average Bonchev–Trinajstić information content (AvgIpc) is 2.70. The topological polar surface area (TPSA) is 47.9 Å². The SMILES string of the molecule is CCC(C)(C)C1(O)C[C@@]2(C)O[C@@](C)(C1)[C@@H]1OC(C)(C)O[C@@H]12. The molecule has 3 aliphatic rings. The van der Waals surface area contributed by atoms with Gasteiger partial charge in [0.1, 0.15) is 12.2 Å². The van der Waals surface area contributed by atoms with Gasteiger partial charge in [0.15, 0.2) is 5.79 Å². The highest BCUT2D eigenvalue weighted by atomic mass is 16.8. The summed E-state index contributed by atoms with van der Waals surface area (Å²) >= 11 is 0. The maximum Gasteiger partial charge on any atom is 0.164 e. The fraction of sp³-hybridized carbons (Fsp3) is 1.00. The molecular weight excluding hydrogens is 268 g/mol. The summed E-state index contributed by atoms with van der Waals surface area (Å²) in [7, 11) is 0. The van der Waals surface area contributed by atoms with Crippen molar-refractivity contribution in [2.75, 3.05) is 0 Å². The van der Waals surface area contributed by atoms with Crippen molar-refractivity contribution in [3.05, 3.63) is 0 Å². The van der Waals surface area contributed by atoms with Crippen molar-refractivity contribution in [1.82, 2.24) is 0 Å². The van der Waals surface area contributed by atoms with E-state index in [4.69, 9.17) is 14.2 Å². The quantitative estimate of drug-likeness (QED) is 0.851. The summed E-state index contributed by atoms with van der Waals surface area (Å²) in [6, 6.07) is 0. The summed E-state index contributed by atoms with van der Waals surface area (Å²) in [6.07, 6.45) is 1.89. The van der Waals surface area contributed by atoms with E-state index in [1.807, 2.05) is 13.8 Å². The van der Waals surface area contributed by atoms with Crippen LogP contribution in [0.1, 0.15) is 67.7 Å². The molecule has 0 aromatic heterocycles. The molecule has 0 aliphatic carbocycles. The number of rotatable bonds is 2. The van der Waals surface area contributed by atoms with Crippen molar-refractivity contribution < 1.29 is 19.3 Å². The van der Waals surface area contributed by atoms with E-state index < -0.39 is 22.6 Å². The summed E-state index contributed by atoms with van der Waals surface area (Å²) in [5.74, 6) is -0.572. The first-order valence-electron chi connectivity index (χ1n) is 8.15. The van der Waals surface area contributed by atoms with Crippen LogP contribution in [0.2, 0.25) is 0 Å². The van der Waals surface area contributed by atoms with E-state index in [2.05, 4.69) is 34.6 Å². The number of aliphatic hydroxyl groups is 1. The van der Waals surface area contributed by atoms with E-state index >= 15 is 0 Å². The van der Waals surface area contributed by atoms with Gasteiger partial charge < -0.3 is 19.3 Å². The molecule has 0 aromatic carbocycles. The lowest BCUT2D eigenvalue weighted by atomic mass is 9.64. The van der Waals surface area contributed by atoms with Gasteiger partial charge in [0.2, 0.25) is 0 Å². The second-order valence-corrected chi connectivity index (χ2v) is 8.83. The summed E-state index contributed by atoms with van der Waals surface area (Å²) in [4.78, 5) is 0. The Bertz CT molecular complexity index is 430. The Morgan fingerprint density at radius 2 is 1.43 bits per heavy atom. The molecule has 4 heteroatoms. The zero-order valence-electron chi connectivity index (χ0n) is 14.4. The molecule has 3 aliphatic heterocycles. The Hall–Kier alpha value is -0.160. The summed E-state index contributed by atoms with van der Waals surface area (Å²) in [5.41, 5.74) is -1.91. The van der Waals surface area contributed by atoms with Crippen molar-refractivity contribution in [3.8, 4) is 0 Å². The molecule has 3 rings (SSSR count). The van der Waals surface area contributed by atoms with Crippen molar-refractivity contribution in [2.24, 2.45) is 5.41 Å². The number of hydrogen-bond acceptors (Lipinski definition) is 4. The molecule has 0 spiro atoms. The minimum Gasteiger partial charge on any atom is -0.389 e. The fourth-order valence-electron chi connectivity index (χ4n) is 4.61. The van der Waals surface area contributed by atoms with Crippen molar-refractivity contribution in [1.29, 1.82) is 0 Å². The Morgan fingerprint density at radius 3 is 1.81 bits per heavy atom. The number of hydrogen-bond donors (Lipinski definition) is 1. The second kappa shape index (κ2) is 4.02. The van der Waals surface area contributed by atoms with Crippen LogP contribution in [0.3, 0.4) is 0 Å². The van der Waals surface area contributed by atoms with Crippen LogP contribution >= 0.6 is 0 Å². The molecule has 4 nitrogen and oxygen atoms in total. The van der Waals surface area contributed by atoms with Crippen molar-refractivity contribution >= 4 is 0 Å². The number of fused-ring (bicyclic) bond motifs is 5. The zero-order valence-corrected chi connectivity index (χ0v) is 14.4. The van der Waals surface area contributed by atoms with Gasteiger partial charge in [-0.1, -0.05) is 20.8 Å². The minimum absolute atomic E-state index is 0.112. The van der Waals surface area contributed by atoms with Gasteiger partial charge in [0.05, 0.1) is 16.8 Å². The highest BCUT2D eigenvalue weighted by Crippen LogP contribution is 2.61. The molecule has 122 valence electrons. The summed E-state index contributed by atoms with van der Waals surface area (Å²) < 4.78 is 18.6. The maximum absolute atomic E-state index is 11.4. The van der Waals surface area contributed by atoms with Gasteiger partial charge in [-0.3, -0.25) is 0 Å². The normalized spacial score (nSPS) is 52.0. The third-order valence-electron chi connectivity index (χ3n) is 6.20. The minimum atomic E-state index is -0.759. The van der Waals surface area contributed by atoms with Crippen LogP contribution in [0.25, 0.3) is 0 Å². The van der Waals surface area contributed by atoms with E-state index in [1.54, 1.807) is 0 Å². The first-order chi connectivity index (χ1) is 9.37. The Balaban J connectivity index is 2.00. The van der Waals surface area contributed by atoms with Crippen LogP contribution in [0.4, 0.5) is 0 Å². The highest BCUT2D eigenvalue weighted by Gasteiger charge is 2.72. The molecule has 0 radical (unpaired) electrons. The molecule has 0 aromatic rings. The van der Waals surface area contributed by atoms with E-state index in [0.717, 1.165) is 6.42 Å². The molecule has 1 unspecified atom stereocenters. The first-order valence-corrected chi connectivity index (χ1v) is 8.15. The molecule has 21 heavy (non-hydrogen) atoms. The van der Waals surface area contributed by atoms with Crippen molar-refractivity contribution in [2.45, 2.75) is 103 Å². The fourth-order valence-corrected chi connectivity index (χ4v) is 4.61. The van der Waals surface area contributed by atoms with E-state index in [0.29, 0.717) is 12.8 Å². The summed E-state index contributed by atoms with van der Waals surface area (Å²) in [6.45, 7) is 14.5. The van der Waals surface area contributed by atoms with Crippen LogP contribution in [0.15, 0.2) is 0 Å². The van der Waals surface area contributed by atoms with Gasteiger partial charge in [-0.15, -0.1) is 0 Å². The van der Waals surface area contributed by atoms with Gasteiger partial charge >= 0.3 is 0 Å². The summed E-state index contributed by atoms with van der Waals surface area (Å²) in [5, 5.41) is 11.4. The molecular formula is C17H30O4. The van der Waals surface area contributed by atoms with Crippen LogP contribution in [0, 0.1) is 5.41 Å². The lowest BCUT2D eigenvalue weighted by molar-refractivity contribution is -0.282.